The van der Waals surface area contributed by atoms with Crippen molar-refractivity contribution in [3.63, 3.8) is 0 Å². The molecule has 2 aromatic heterocycles. The Morgan fingerprint density at radius 2 is 1.92 bits per heavy atom. The van der Waals surface area contributed by atoms with Crippen LogP contribution in [-0.4, -0.2) is 40.2 Å². The molecule has 6 heteroatoms. The van der Waals surface area contributed by atoms with Crippen molar-refractivity contribution in [1.29, 1.82) is 0 Å². The second kappa shape index (κ2) is 6.95. The molecule has 1 aliphatic heterocycles. The van der Waals surface area contributed by atoms with Crippen molar-refractivity contribution in [2.24, 2.45) is 0 Å². The molecule has 2 atom stereocenters. The van der Waals surface area contributed by atoms with E-state index in [0.29, 0.717) is 11.9 Å². The van der Waals surface area contributed by atoms with E-state index in [1.54, 1.807) is 11.3 Å². The van der Waals surface area contributed by atoms with Crippen molar-refractivity contribution < 1.29 is 4.74 Å². The molecule has 0 bridgehead atoms. The maximum Gasteiger partial charge on any atom is 0.260 e. The van der Waals surface area contributed by atoms with Crippen LogP contribution < -0.4 is 5.56 Å². The standard InChI is InChI=1S/C20H23N3O2S/c1-12-9-23(10-13(2)25-12)11-16-21-19(24)18-17(14(3)26-20(18)22-16)15-7-5-4-6-8-15/h4-8,12-13H,9-11H2,1-3H3,(H,21,22,24)/t12-,13-/m1/s1. The fraction of sp³-hybridized carbons (Fsp3) is 0.400. The van der Waals surface area contributed by atoms with Crippen LogP contribution >= 0.6 is 11.3 Å². The maximum absolute atomic E-state index is 12.8. The molecule has 0 saturated carbocycles. The van der Waals surface area contributed by atoms with E-state index < -0.39 is 0 Å². The first-order valence-corrected chi connectivity index (χ1v) is 9.78. The van der Waals surface area contributed by atoms with E-state index in [0.717, 1.165) is 39.7 Å². The second-order valence-electron chi connectivity index (χ2n) is 7.04. The van der Waals surface area contributed by atoms with Gasteiger partial charge in [-0.3, -0.25) is 9.69 Å². The van der Waals surface area contributed by atoms with Crippen LogP contribution in [0.15, 0.2) is 35.1 Å². The van der Waals surface area contributed by atoms with Crippen molar-refractivity contribution in [1.82, 2.24) is 14.9 Å². The summed E-state index contributed by atoms with van der Waals surface area (Å²) in [5.41, 5.74) is 2.01. The molecule has 5 nitrogen and oxygen atoms in total. The molecule has 0 aliphatic carbocycles. The minimum Gasteiger partial charge on any atom is -0.373 e. The van der Waals surface area contributed by atoms with E-state index in [9.17, 15) is 4.79 Å². The SMILES string of the molecule is Cc1sc2nc(CN3C[C@@H](C)O[C@H](C)C3)[nH]c(=O)c2c1-c1ccccc1. The Balaban J connectivity index is 1.71. The first-order valence-electron chi connectivity index (χ1n) is 8.97. The number of hydrogen-bond acceptors (Lipinski definition) is 5. The summed E-state index contributed by atoms with van der Waals surface area (Å²) in [5, 5.41) is 0.700. The Labute approximate surface area is 156 Å². The Morgan fingerprint density at radius 3 is 2.62 bits per heavy atom. The van der Waals surface area contributed by atoms with Crippen molar-refractivity contribution in [2.45, 2.75) is 39.5 Å². The number of aryl methyl sites for hydroxylation is 1. The van der Waals surface area contributed by atoms with Gasteiger partial charge in [-0.05, 0) is 26.3 Å². The highest BCUT2D eigenvalue weighted by atomic mass is 32.1. The van der Waals surface area contributed by atoms with E-state index in [4.69, 9.17) is 9.72 Å². The average molecular weight is 369 g/mol. The smallest absolute Gasteiger partial charge is 0.260 e. The molecular weight excluding hydrogens is 346 g/mol. The van der Waals surface area contributed by atoms with Gasteiger partial charge in [-0.2, -0.15) is 0 Å². The number of nitrogens with zero attached hydrogens (tertiary/aromatic N) is 2. The average Bonchev–Trinajstić information content (AvgIpc) is 2.91. The third-order valence-electron chi connectivity index (χ3n) is 4.72. The number of hydrogen-bond donors (Lipinski definition) is 1. The van der Waals surface area contributed by atoms with Gasteiger partial charge in [0.2, 0.25) is 0 Å². The number of H-pyrrole nitrogens is 1. The predicted molar refractivity (Wildman–Crippen MR) is 106 cm³/mol. The van der Waals surface area contributed by atoms with Gasteiger partial charge in [-0.25, -0.2) is 4.98 Å². The van der Waals surface area contributed by atoms with Gasteiger partial charge < -0.3 is 9.72 Å². The first kappa shape index (κ1) is 17.4. The lowest BCUT2D eigenvalue weighted by atomic mass is 10.0. The van der Waals surface area contributed by atoms with Gasteiger partial charge in [0, 0.05) is 23.5 Å². The topological polar surface area (TPSA) is 58.2 Å². The molecule has 1 fully saturated rings. The third-order valence-corrected chi connectivity index (χ3v) is 5.72. The molecule has 0 spiro atoms. The molecule has 4 rings (SSSR count). The first-order chi connectivity index (χ1) is 12.5. The van der Waals surface area contributed by atoms with Gasteiger partial charge in [0.05, 0.1) is 24.1 Å². The largest absolute Gasteiger partial charge is 0.373 e. The Kier molecular flexibility index (Phi) is 4.65. The lowest BCUT2D eigenvalue weighted by Gasteiger charge is -2.34. The van der Waals surface area contributed by atoms with Gasteiger partial charge in [-0.15, -0.1) is 11.3 Å². The van der Waals surface area contributed by atoms with E-state index in [2.05, 4.69) is 30.7 Å². The Morgan fingerprint density at radius 1 is 1.23 bits per heavy atom. The van der Waals surface area contributed by atoms with Crippen LogP contribution in [-0.2, 0) is 11.3 Å². The number of aromatic amines is 1. The highest BCUT2D eigenvalue weighted by molar-refractivity contribution is 7.19. The van der Waals surface area contributed by atoms with Crippen LogP contribution in [0.25, 0.3) is 21.3 Å². The van der Waals surface area contributed by atoms with Gasteiger partial charge >= 0.3 is 0 Å². The van der Waals surface area contributed by atoms with Crippen LogP contribution in [0.5, 0.6) is 0 Å². The minimum atomic E-state index is -0.0532. The monoisotopic (exact) mass is 369 g/mol. The predicted octanol–water partition coefficient (Wildman–Crippen LogP) is 3.57. The molecular formula is C20H23N3O2S. The van der Waals surface area contributed by atoms with Crippen molar-refractivity contribution >= 4 is 21.6 Å². The molecule has 3 aromatic rings. The van der Waals surface area contributed by atoms with Crippen LogP contribution in [0.2, 0.25) is 0 Å². The van der Waals surface area contributed by atoms with E-state index in [-0.39, 0.29) is 17.8 Å². The molecule has 0 amide bonds. The van der Waals surface area contributed by atoms with Crippen LogP contribution in [0, 0.1) is 6.92 Å². The summed E-state index contributed by atoms with van der Waals surface area (Å²) in [6.07, 6.45) is 0.394. The quantitative estimate of drug-likeness (QED) is 0.767. The molecule has 0 unspecified atom stereocenters. The summed E-state index contributed by atoms with van der Waals surface area (Å²) in [5.74, 6) is 0.727. The van der Waals surface area contributed by atoms with Gasteiger partial charge in [0.1, 0.15) is 10.7 Å². The summed E-state index contributed by atoms with van der Waals surface area (Å²) in [6.45, 7) is 8.56. The lowest BCUT2D eigenvalue weighted by Crippen LogP contribution is -2.45. The highest BCUT2D eigenvalue weighted by Gasteiger charge is 2.23. The van der Waals surface area contributed by atoms with E-state index in [1.807, 2.05) is 30.3 Å². The fourth-order valence-corrected chi connectivity index (χ4v) is 4.88. The summed E-state index contributed by atoms with van der Waals surface area (Å²) < 4.78 is 5.78. The third kappa shape index (κ3) is 3.32. The van der Waals surface area contributed by atoms with Gasteiger partial charge in [0.15, 0.2) is 0 Å². The molecule has 0 radical (unpaired) electrons. The summed E-state index contributed by atoms with van der Waals surface area (Å²) >= 11 is 1.59. The maximum atomic E-state index is 12.8. The summed E-state index contributed by atoms with van der Waals surface area (Å²) in [6, 6.07) is 10.1. The molecule has 1 aromatic carbocycles. The number of benzene rings is 1. The van der Waals surface area contributed by atoms with Crippen LogP contribution in [0.4, 0.5) is 0 Å². The zero-order valence-electron chi connectivity index (χ0n) is 15.3. The van der Waals surface area contributed by atoms with E-state index in [1.165, 1.54) is 0 Å². The molecule has 136 valence electrons. The van der Waals surface area contributed by atoms with Crippen molar-refractivity contribution in [3.8, 4) is 11.1 Å². The summed E-state index contributed by atoms with van der Waals surface area (Å²) in [7, 11) is 0. The molecule has 3 heterocycles. The van der Waals surface area contributed by atoms with E-state index >= 15 is 0 Å². The molecule has 26 heavy (non-hydrogen) atoms. The summed E-state index contributed by atoms with van der Waals surface area (Å²) in [4.78, 5) is 24.8. The number of thiophene rings is 1. The van der Waals surface area contributed by atoms with Gasteiger partial charge in [-0.1, -0.05) is 30.3 Å². The van der Waals surface area contributed by atoms with Crippen molar-refractivity contribution in [2.75, 3.05) is 13.1 Å². The highest BCUT2D eigenvalue weighted by Crippen LogP contribution is 2.35. The number of morpholine rings is 1. The number of fused-ring (bicyclic) bond motifs is 1. The number of nitrogens with one attached hydrogen (secondary N) is 1. The fourth-order valence-electron chi connectivity index (χ4n) is 3.82. The zero-order chi connectivity index (χ0) is 18.3. The molecule has 1 N–H and O–H groups in total. The lowest BCUT2D eigenvalue weighted by molar-refractivity contribution is -0.0710. The normalized spacial score (nSPS) is 21.3. The molecule has 1 aliphatic rings. The number of aromatic nitrogens is 2. The second-order valence-corrected chi connectivity index (χ2v) is 8.25. The minimum absolute atomic E-state index is 0.0532. The Hall–Kier alpha value is -2.02. The van der Waals surface area contributed by atoms with Gasteiger partial charge in [0.25, 0.3) is 5.56 Å². The Bertz CT molecular complexity index is 970. The zero-order valence-corrected chi connectivity index (χ0v) is 16.1. The van der Waals surface area contributed by atoms with Crippen LogP contribution in [0.1, 0.15) is 24.5 Å². The van der Waals surface area contributed by atoms with Crippen molar-refractivity contribution in [3.05, 3.63) is 51.4 Å². The number of rotatable bonds is 3. The number of ether oxygens (including phenoxy) is 1. The molecule has 1 saturated heterocycles. The van der Waals surface area contributed by atoms with Crippen LogP contribution in [0.3, 0.4) is 0 Å².